The van der Waals surface area contributed by atoms with Crippen LogP contribution in [0.15, 0.2) is 18.2 Å². The van der Waals surface area contributed by atoms with E-state index in [2.05, 4.69) is 24.1 Å². The van der Waals surface area contributed by atoms with Gasteiger partial charge in [0.05, 0.1) is 14.2 Å². The van der Waals surface area contributed by atoms with Gasteiger partial charge in [-0.25, -0.2) is 0 Å². The van der Waals surface area contributed by atoms with Crippen molar-refractivity contribution < 1.29 is 9.47 Å². The molecular formula is C16H29N3O2. The second-order valence-electron chi connectivity index (χ2n) is 4.88. The lowest BCUT2D eigenvalue weighted by Crippen LogP contribution is -2.36. The summed E-state index contributed by atoms with van der Waals surface area (Å²) in [4.78, 5) is 2.38. The van der Waals surface area contributed by atoms with Crippen LogP contribution < -0.4 is 20.5 Å². The molecule has 5 heteroatoms. The van der Waals surface area contributed by atoms with Crippen molar-refractivity contribution in [3.05, 3.63) is 23.8 Å². The normalized spacial score (nSPS) is 12.5. The highest BCUT2D eigenvalue weighted by Crippen LogP contribution is 2.28. The lowest BCUT2D eigenvalue weighted by Gasteiger charge is -2.23. The first kappa shape index (κ1) is 17.8. The van der Waals surface area contributed by atoms with Crippen molar-refractivity contribution in [2.75, 3.05) is 46.9 Å². The molecule has 1 aromatic rings. The van der Waals surface area contributed by atoms with Gasteiger partial charge in [0.2, 0.25) is 0 Å². The van der Waals surface area contributed by atoms with Crippen molar-refractivity contribution in [2.45, 2.75) is 19.9 Å². The SMILES string of the molecule is CCN(CC)CCNC(CN)c1cc(OC)ccc1OC. The number of rotatable bonds is 10. The van der Waals surface area contributed by atoms with Gasteiger partial charge in [0.1, 0.15) is 11.5 Å². The van der Waals surface area contributed by atoms with Gasteiger partial charge >= 0.3 is 0 Å². The molecule has 1 rings (SSSR count). The van der Waals surface area contributed by atoms with Crippen LogP contribution in [-0.2, 0) is 0 Å². The number of hydrogen-bond acceptors (Lipinski definition) is 5. The van der Waals surface area contributed by atoms with Crippen molar-refractivity contribution in [3.63, 3.8) is 0 Å². The van der Waals surface area contributed by atoms with E-state index in [-0.39, 0.29) is 6.04 Å². The Bertz CT molecular complexity index is 409. The fraction of sp³-hybridized carbons (Fsp3) is 0.625. The van der Waals surface area contributed by atoms with Gasteiger partial charge in [0.15, 0.2) is 0 Å². The van der Waals surface area contributed by atoms with Crippen LogP contribution in [0.1, 0.15) is 25.5 Å². The molecule has 0 aliphatic heterocycles. The highest BCUT2D eigenvalue weighted by atomic mass is 16.5. The molecule has 21 heavy (non-hydrogen) atoms. The molecule has 1 unspecified atom stereocenters. The molecular weight excluding hydrogens is 266 g/mol. The van der Waals surface area contributed by atoms with Crippen LogP contribution in [0.4, 0.5) is 0 Å². The van der Waals surface area contributed by atoms with Crippen LogP contribution in [-0.4, -0.2) is 51.8 Å². The Balaban J connectivity index is 2.74. The van der Waals surface area contributed by atoms with E-state index < -0.39 is 0 Å². The maximum absolute atomic E-state index is 5.93. The van der Waals surface area contributed by atoms with E-state index in [4.69, 9.17) is 15.2 Å². The Morgan fingerprint density at radius 2 is 1.90 bits per heavy atom. The van der Waals surface area contributed by atoms with E-state index in [1.807, 2.05) is 18.2 Å². The first-order valence-electron chi connectivity index (χ1n) is 7.57. The van der Waals surface area contributed by atoms with Crippen LogP contribution >= 0.6 is 0 Å². The van der Waals surface area contributed by atoms with Crippen molar-refractivity contribution in [3.8, 4) is 11.5 Å². The van der Waals surface area contributed by atoms with Crippen LogP contribution in [0.3, 0.4) is 0 Å². The molecule has 0 bridgehead atoms. The minimum atomic E-state index is 0.0608. The van der Waals surface area contributed by atoms with E-state index in [1.165, 1.54) is 0 Å². The number of benzene rings is 1. The zero-order chi connectivity index (χ0) is 15.7. The average molecular weight is 295 g/mol. The fourth-order valence-electron chi connectivity index (χ4n) is 2.37. The monoisotopic (exact) mass is 295 g/mol. The minimum absolute atomic E-state index is 0.0608. The molecule has 3 N–H and O–H groups in total. The third-order valence-corrected chi connectivity index (χ3v) is 3.76. The predicted octanol–water partition coefficient (Wildman–Crippen LogP) is 1.64. The average Bonchev–Trinajstić information content (AvgIpc) is 2.54. The van der Waals surface area contributed by atoms with Gasteiger partial charge in [0, 0.05) is 31.2 Å². The van der Waals surface area contributed by atoms with Gasteiger partial charge in [0.25, 0.3) is 0 Å². The quantitative estimate of drug-likeness (QED) is 0.687. The van der Waals surface area contributed by atoms with E-state index in [0.29, 0.717) is 6.54 Å². The van der Waals surface area contributed by atoms with Gasteiger partial charge < -0.3 is 25.4 Å². The predicted molar refractivity (Wildman–Crippen MR) is 87.1 cm³/mol. The molecule has 0 aliphatic carbocycles. The van der Waals surface area contributed by atoms with Gasteiger partial charge in [-0.1, -0.05) is 13.8 Å². The van der Waals surface area contributed by atoms with Crippen molar-refractivity contribution >= 4 is 0 Å². The number of ether oxygens (including phenoxy) is 2. The molecule has 0 heterocycles. The van der Waals surface area contributed by atoms with Crippen LogP contribution in [0, 0.1) is 0 Å². The van der Waals surface area contributed by atoms with E-state index in [1.54, 1.807) is 14.2 Å². The smallest absolute Gasteiger partial charge is 0.123 e. The zero-order valence-electron chi connectivity index (χ0n) is 13.7. The van der Waals surface area contributed by atoms with Gasteiger partial charge in [-0.15, -0.1) is 0 Å². The number of nitrogens with two attached hydrogens (primary N) is 1. The summed E-state index contributed by atoms with van der Waals surface area (Å²) in [7, 11) is 3.34. The molecule has 0 radical (unpaired) electrons. The summed E-state index contributed by atoms with van der Waals surface area (Å²) in [6, 6.07) is 5.86. The standard InChI is InChI=1S/C16H29N3O2/c1-5-19(6-2)10-9-18-15(12-17)14-11-13(20-3)7-8-16(14)21-4/h7-8,11,15,18H,5-6,9-10,12,17H2,1-4H3. The lowest BCUT2D eigenvalue weighted by atomic mass is 10.1. The first-order valence-corrected chi connectivity index (χ1v) is 7.57. The first-order chi connectivity index (χ1) is 10.2. The molecule has 0 fully saturated rings. The van der Waals surface area contributed by atoms with Crippen LogP contribution in [0.25, 0.3) is 0 Å². The third-order valence-electron chi connectivity index (χ3n) is 3.76. The fourth-order valence-corrected chi connectivity index (χ4v) is 2.37. The van der Waals surface area contributed by atoms with Crippen molar-refractivity contribution in [2.24, 2.45) is 5.73 Å². The van der Waals surface area contributed by atoms with Crippen molar-refractivity contribution in [1.82, 2.24) is 10.2 Å². The number of nitrogens with one attached hydrogen (secondary N) is 1. The van der Waals surface area contributed by atoms with Crippen LogP contribution in [0.2, 0.25) is 0 Å². The molecule has 1 aromatic carbocycles. The summed E-state index contributed by atoms with van der Waals surface area (Å²) in [5.41, 5.74) is 6.97. The Kier molecular flexibility index (Phi) is 8.12. The summed E-state index contributed by atoms with van der Waals surface area (Å²) < 4.78 is 10.7. The molecule has 0 aromatic heterocycles. The Morgan fingerprint density at radius 3 is 2.43 bits per heavy atom. The van der Waals surface area contributed by atoms with Crippen LogP contribution in [0.5, 0.6) is 11.5 Å². The Labute approximate surface area is 128 Å². The van der Waals surface area contributed by atoms with E-state index in [9.17, 15) is 0 Å². The summed E-state index contributed by atoms with van der Waals surface area (Å²) in [5, 5.41) is 3.51. The lowest BCUT2D eigenvalue weighted by molar-refractivity contribution is 0.295. The number of likely N-dealkylation sites (N-methyl/N-ethyl adjacent to an activating group) is 1. The Morgan fingerprint density at radius 1 is 1.19 bits per heavy atom. The second kappa shape index (κ2) is 9.60. The molecule has 0 saturated heterocycles. The Hall–Kier alpha value is -1.30. The van der Waals surface area contributed by atoms with E-state index >= 15 is 0 Å². The highest BCUT2D eigenvalue weighted by molar-refractivity contribution is 5.42. The van der Waals surface area contributed by atoms with E-state index in [0.717, 1.165) is 43.2 Å². The number of methoxy groups -OCH3 is 2. The highest BCUT2D eigenvalue weighted by Gasteiger charge is 2.15. The second-order valence-corrected chi connectivity index (χ2v) is 4.88. The summed E-state index contributed by atoms with van der Waals surface area (Å²) in [6.07, 6.45) is 0. The van der Waals surface area contributed by atoms with Crippen molar-refractivity contribution in [1.29, 1.82) is 0 Å². The van der Waals surface area contributed by atoms with Gasteiger partial charge in [-0.2, -0.15) is 0 Å². The molecule has 120 valence electrons. The molecule has 0 amide bonds. The van der Waals surface area contributed by atoms with Gasteiger partial charge in [-0.3, -0.25) is 0 Å². The molecule has 0 aliphatic rings. The maximum atomic E-state index is 5.93. The molecule has 1 atom stereocenters. The summed E-state index contributed by atoms with van der Waals surface area (Å²) >= 11 is 0. The molecule has 0 saturated carbocycles. The summed E-state index contributed by atoms with van der Waals surface area (Å²) in [5.74, 6) is 1.65. The largest absolute Gasteiger partial charge is 0.497 e. The molecule has 5 nitrogen and oxygen atoms in total. The minimum Gasteiger partial charge on any atom is -0.497 e. The number of hydrogen-bond donors (Lipinski definition) is 2. The zero-order valence-corrected chi connectivity index (χ0v) is 13.7. The van der Waals surface area contributed by atoms with Gasteiger partial charge in [-0.05, 0) is 31.3 Å². The number of nitrogens with zero attached hydrogens (tertiary/aromatic N) is 1. The molecule has 0 spiro atoms. The third kappa shape index (κ3) is 5.19. The summed E-state index contributed by atoms with van der Waals surface area (Å²) in [6.45, 7) is 8.90. The maximum Gasteiger partial charge on any atom is 0.123 e. The topological polar surface area (TPSA) is 59.8 Å².